The van der Waals surface area contributed by atoms with E-state index in [4.69, 9.17) is 11.6 Å². The Hall–Kier alpha value is -0.990. The summed E-state index contributed by atoms with van der Waals surface area (Å²) in [7, 11) is 0. The number of nitrogens with zero attached hydrogens (tertiary/aromatic N) is 2. The molecule has 1 heterocycles. The van der Waals surface area contributed by atoms with Crippen molar-refractivity contribution in [3.05, 3.63) is 48.3 Å². The zero-order valence-corrected chi connectivity index (χ0v) is 9.00. The van der Waals surface area contributed by atoms with Gasteiger partial charge in [0.1, 0.15) is 0 Å². The third-order valence-electron chi connectivity index (χ3n) is 1.89. The smallest absolute Gasteiger partial charge is 0.0689 e. The molecule has 0 unspecified atom stereocenters. The molecule has 0 amide bonds. The van der Waals surface area contributed by atoms with Gasteiger partial charge in [0.05, 0.1) is 5.69 Å². The van der Waals surface area contributed by atoms with Crippen molar-refractivity contribution < 1.29 is 0 Å². The number of alkyl halides is 1. The molecular formula is C10H10Cl2N2. The molecule has 1 aromatic heterocycles. The Balaban J connectivity index is 0.000000980. The summed E-state index contributed by atoms with van der Waals surface area (Å²) >= 11 is 5.81. The molecule has 0 bridgehead atoms. The summed E-state index contributed by atoms with van der Waals surface area (Å²) in [4.78, 5) is 0. The van der Waals surface area contributed by atoms with Crippen LogP contribution in [-0.2, 0) is 5.88 Å². The molecule has 0 aliphatic carbocycles. The van der Waals surface area contributed by atoms with E-state index in [9.17, 15) is 0 Å². The maximum absolute atomic E-state index is 5.81. The molecule has 0 N–H and O–H groups in total. The summed E-state index contributed by atoms with van der Waals surface area (Å²) in [5, 5.41) is 4.15. The molecule has 1 aromatic carbocycles. The van der Waals surface area contributed by atoms with Crippen molar-refractivity contribution in [2.24, 2.45) is 0 Å². The molecule has 14 heavy (non-hydrogen) atoms. The van der Waals surface area contributed by atoms with Crippen molar-refractivity contribution in [3.8, 4) is 5.69 Å². The second kappa shape index (κ2) is 5.03. The van der Waals surface area contributed by atoms with Crippen LogP contribution < -0.4 is 0 Å². The van der Waals surface area contributed by atoms with E-state index in [0.29, 0.717) is 5.88 Å². The van der Waals surface area contributed by atoms with Gasteiger partial charge in [-0.05, 0) is 17.7 Å². The van der Waals surface area contributed by atoms with E-state index in [1.807, 2.05) is 41.2 Å². The summed E-state index contributed by atoms with van der Waals surface area (Å²) in [5.41, 5.74) is 2.13. The second-order valence-electron chi connectivity index (χ2n) is 2.71. The van der Waals surface area contributed by atoms with Gasteiger partial charge in [0.15, 0.2) is 0 Å². The number of rotatable bonds is 2. The van der Waals surface area contributed by atoms with Crippen LogP contribution in [0.5, 0.6) is 0 Å². The molecule has 0 atom stereocenters. The van der Waals surface area contributed by atoms with Gasteiger partial charge in [-0.2, -0.15) is 5.10 Å². The van der Waals surface area contributed by atoms with Gasteiger partial charge in [0.2, 0.25) is 0 Å². The maximum atomic E-state index is 5.81. The fraction of sp³-hybridized carbons (Fsp3) is 0.100. The van der Waals surface area contributed by atoms with Crippen LogP contribution in [0.25, 0.3) is 5.69 Å². The van der Waals surface area contributed by atoms with Gasteiger partial charge in [-0.15, -0.1) is 24.0 Å². The predicted octanol–water partition coefficient (Wildman–Crippen LogP) is 3.03. The highest BCUT2D eigenvalue weighted by Crippen LogP contribution is 2.14. The Kier molecular flexibility index (Phi) is 3.98. The van der Waals surface area contributed by atoms with Crippen LogP contribution in [0.3, 0.4) is 0 Å². The first-order valence-electron chi connectivity index (χ1n) is 4.05. The highest BCUT2D eigenvalue weighted by atomic mass is 35.5. The topological polar surface area (TPSA) is 17.8 Å². The van der Waals surface area contributed by atoms with E-state index in [-0.39, 0.29) is 12.4 Å². The quantitative estimate of drug-likeness (QED) is 0.723. The maximum Gasteiger partial charge on any atom is 0.0689 e. The summed E-state index contributed by atoms with van der Waals surface area (Å²) in [5.74, 6) is 0.510. The molecule has 2 aromatic rings. The molecule has 4 heteroatoms. The average Bonchev–Trinajstić information content (AvgIpc) is 2.70. The lowest BCUT2D eigenvalue weighted by Crippen LogP contribution is -1.97. The normalized spacial score (nSPS) is 9.50. The molecule has 0 aliphatic heterocycles. The second-order valence-corrected chi connectivity index (χ2v) is 2.98. The third-order valence-corrected chi connectivity index (χ3v) is 2.17. The molecule has 2 nitrogen and oxygen atoms in total. The van der Waals surface area contributed by atoms with Crippen LogP contribution in [0.2, 0.25) is 0 Å². The molecule has 0 saturated carbocycles. The van der Waals surface area contributed by atoms with E-state index in [1.54, 1.807) is 6.20 Å². The first-order chi connectivity index (χ1) is 6.42. The minimum Gasteiger partial charge on any atom is -0.241 e. The summed E-state index contributed by atoms with van der Waals surface area (Å²) < 4.78 is 1.82. The lowest BCUT2D eigenvalue weighted by atomic mass is 10.2. The summed E-state index contributed by atoms with van der Waals surface area (Å²) in [6.07, 6.45) is 3.66. The van der Waals surface area contributed by atoms with Gasteiger partial charge >= 0.3 is 0 Å². The van der Waals surface area contributed by atoms with Crippen LogP contribution in [0.15, 0.2) is 42.7 Å². The Morgan fingerprint density at radius 2 is 2.00 bits per heavy atom. The van der Waals surface area contributed by atoms with Gasteiger partial charge in [0.25, 0.3) is 0 Å². The Morgan fingerprint density at radius 1 is 1.21 bits per heavy atom. The zero-order valence-electron chi connectivity index (χ0n) is 7.43. The largest absolute Gasteiger partial charge is 0.241 e. The molecule has 74 valence electrons. The third kappa shape index (κ3) is 2.08. The van der Waals surface area contributed by atoms with Crippen molar-refractivity contribution in [1.29, 1.82) is 0 Å². The molecule has 0 spiro atoms. The fourth-order valence-electron chi connectivity index (χ4n) is 1.26. The lowest BCUT2D eigenvalue weighted by molar-refractivity contribution is 0.871. The number of hydrogen-bond donors (Lipinski definition) is 0. The number of aromatic nitrogens is 2. The number of para-hydroxylation sites is 1. The highest BCUT2D eigenvalue weighted by Gasteiger charge is 2.01. The highest BCUT2D eigenvalue weighted by molar-refractivity contribution is 6.17. The number of benzene rings is 1. The van der Waals surface area contributed by atoms with Crippen LogP contribution in [-0.4, -0.2) is 9.78 Å². The van der Waals surface area contributed by atoms with E-state index in [0.717, 1.165) is 11.3 Å². The van der Waals surface area contributed by atoms with Crippen LogP contribution in [0.1, 0.15) is 5.56 Å². The minimum atomic E-state index is 0. The van der Waals surface area contributed by atoms with Crippen LogP contribution in [0, 0.1) is 0 Å². The molecule has 0 saturated heterocycles. The Bertz CT molecular complexity index is 385. The first-order valence-corrected chi connectivity index (χ1v) is 4.59. The van der Waals surface area contributed by atoms with Crippen molar-refractivity contribution in [2.45, 2.75) is 5.88 Å². The molecular weight excluding hydrogens is 219 g/mol. The van der Waals surface area contributed by atoms with Gasteiger partial charge in [0, 0.05) is 18.3 Å². The molecule has 0 fully saturated rings. The number of hydrogen-bond acceptors (Lipinski definition) is 1. The van der Waals surface area contributed by atoms with Crippen LogP contribution in [0.4, 0.5) is 0 Å². The van der Waals surface area contributed by atoms with Crippen molar-refractivity contribution in [1.82, 2.24) is 9.78 Å². The van der Waals surface area contributed by atoms with Crippen LogP contribution >= 0.6 is 24.0 Å². The van der Waals surface area contributed by atoms with Gasteiger partial charge in [-0.1, -0.05) is 18.2 Å². The first kappa shape index (κ1) is 11.1. The fourth-order valence-corrected chi connectivity index (χ4v) is 1.48. The monoisotopic (exact) mass is 228 g/mol. The van der Waals surface area contributed by atoms with Gasteiger partial charge in [-0.25, -0.2) is 4.68 Å². The van der Waals surface area contributed by atoms with E-state index in [1.165, 1.54) is 0 Å². The van der Waals surface area contributed by atoms with Crippen molar-refractivity contribution in [3.63, 3.8) is 0 Å². The van der Waals surface area contributed by atoms with E-state index in [2.05, 4.69) is 5.10 Å². The van der Waals surface area contributed by atoms with Crippen molar-refractivity contribution in [2.75, 3.05) is 0 Å². The van der Waals surface area contributed by atoms with Gasteiger partial charge < -0.3 is 0 Å². The molecule has 0 aliphatic rings. The predicted molar refractivity (Wildman–Crippen MR) is 60.4 cm³/mol. The van der Waals surface area contributed by atoms with Gasteiger partial charge in [-0.3, -0.25) is 0 Å². The molecule has 2 rings (SSSR count). The molecule has 0 radical (unpaired) electrons. The summed E-state index contributed by atoms with van der Waals surface area (Å²) in [6.45, 7) is 0. The standard InChI is InChI=1S/C10H9ClN2.ClH/c11-8-9-4-1-2-5-10(9)13-7-3-6-12-13;/h1-7H,8H2;1H. The minimum absolute atomic E-state index is 0. The zero-order chi connectivity index (χ0) is 9.10. The van der Waals surface area contributed by atoms with Crippen molar-refractivity contribution >= 4 is 24.0 Å². The summed E-state index contributed by atoms with van der Waals surface area (Å²) in [6, 6.07) is 9.86. The van der Waals surface area contributed by atoms with E-state index < -0.39 is 0 Å². The SMILES string of the molecule is Cl.ClCc1ccccc1-n1cccn1. The Morgan fingerprint density at radius 3 is 2.64 bits per heavy atom. The number of halogens is 2. The lowest BCUT2D eigenvalue weighted by Gasteiger charge is -2.05. The Labute approximate surface area is 93.9 Å². The van der Waals surface area contributed by atoms with E-state index >= 15 is 0 Å². The average molecular weight is 229 g/mol.